The molecular formula is C20H23F3N6S. The molecule has 2 fully saturated rings. The number of anilines is 1. The van der Waals surface area contributed by atoms with E-state index in [4.69, 9.17) is 0 Å². The van der Waals surface area contributed by atoms with Gasteiger partial charge in [0.1, 0.15) is 17.0 Å². The van der Waals surface area contributed by atoms with E-state index in [0.29, 0.717) is 10.9 Å². The third-order valence-corrected chi connectivity index (χ3v) is 7.35. The van der Waals surface area contributed by atoms with Crippen LogP contribution in [0.5, 0.6) is 0 Å². The first-order chi connectivity index (χ1) is 14.2. The first-order valence-electron chi connectivity index (χ1n) is 9.99. The standard InChI is InChI=1S/C20H23F3N6S/c1-13(14-7-26-27(2)8-14)29-10-19(11-29)3-4-28(9-19)17-16-5-15(6-20(21,22)23)30-18(16)25-12-24-17/h5,7-8,12-13H,3-4,6,9-11H2,1-2H3. The van der Waals surface area contributed by atoms with Crippen LogP contribution in [0.15, 0.2) is 24.8 Å². The molecule has 160 valence electrons. The molecule has 2 saturated heterocycles. The maximum atomic E-state index is 12.8. The van der Waals surface area contributed by atoms with E-state index in [-0.39, 0.29) is 10.3 Å². The summed E-state index contributed by atoms with van der Waals surface area (Å²) in [5, 5.41) is 5.01. The molecule has 0 aliphatic carbocycles. The van der Waals surface area contributed by atoms with Gasteiger partial charge in [0.25, 0.3) is 0 Å². The number of alkyl halides is 3. The molecule has 0 amide bonds. The molecule has 1 atom stereocenters. The van der Waals surface area contributed by atoms with E-state index in [1.54, 1.807) is 6.07 Å². The summed E-state index contributed by atoms with van der Waals surface area (Å²) in [6.07, 6.45) is 1.38. The van der Waals surface area contributed by atoms with Crippen molar-refractivity contribution in [3.8, 4) is 0 Å². The minimum Gasteiger partial charge on any atom is -0.355 e. The molecule has 1 unspecified atom stereocenters. The summed E-state index contributed by atoms with van der Waals surface area (Å²) < 4.78 is 40.2. The Morgan fingerprint density at radius 1 is 1.23 bits per heavy atom. The first-order valence-corrected chi connectivity index (χ1v) is 10.8. The fourth-order valence-electron chi connectivity index (χ4n) is 4.76. The molecule has 2 aliphatic heterocycles. The molecule has 1 spiro atoms. The Balaban J connectivity index is 1.30. The predicted molar refractivity (Wildman–Crippen MR) is 110 cm³/mol. The molecule has 10 heteroatoms. The zero-order valence-corrected chi connectivity index (χ0v) is 17.7. The van der Waals surface area contributed by atoms with E-state index in [1.807, 2.05) is 17.9 Å². The second-order valence-electron chi connectivity index (χ2n) is 8.62. The zero-order chi connectivity index (χ0) is 21.1. The predicted octanol–water partition coefficient (Wildman–Crippen LogP) is 3.80. The average Bonchev–Trinajstić information content (AvgIpc) is 3.35. The van der Waals surface area contributed by atoms with Gasteiger partial charge in [0, 0.05) is 61.3 Å². The topological polar surface area (TPSA) is 50.1 Å². The van der Waals surface area contributed by atoms with Crippen molar-refractivity contribution < 1.29 is 13.2 Å². The molecule has 2 aliphatic rings. The van der Waals surface area contributed by atoms with E-state index in [0.717, 1.165) is 55.1 Å². The van der Waals surface area contributed by atoms with E-state index in [1.165, 1.54) is 11.9 Å². The molecular weight excluding hydrogens is 413 g/mol. The summed E-state index contributed by atoms with van der Waals surface area (Å²) in [6, 6.07) is 1.94. The summed E-state index contributed by atoms with van der Waals surface area (Å²) in [7, 11) is 1.93. The van der Waals surface area contributed by atoms with Crippen molar-refractivity contribution in [3.63, 3.8) is 0 Å². The molecule has 5 rings (SSSR count). The minimum absolute atomic E-state index is 0.221. The van der Waals surface area contributed by atoms with Crippen LogP contribution in [0.1, 0.15) is 29.8 Å². The zero-order valence-electron chi connectivity index (χ0n) is 16.9. The monoisotopic (exact) mass is 436 g/mol. The van der Waals surface area contributed by atoms with Crippen LogP contribution in [0.3, 0.4) is 0 Å². The van der Waals surface area contributed by atoms with Crippen LogP contribution >= 0.6 is 11.3 Å². The lowest BCUT2D eigenvalue weighted by molar-refractivity contribution is -0.126. The Hall–Kier alpha value is -2.20. The van der Waals surface area contributed by atoms with Crippen molar-refractivity contribution in [2.24, 2.45) is 12.5 Å². The SMILES string of the molecule is CC(c1cnn(C)c1)N1CC2(CCN(c3ncnc4sc(CC(F)(F)F)cc34)C2)C1. The van der Waals surface area contributed by atoms with Crippen molar-refractivity contribution in [2.75, 3.05) is 31.1 Å². The van der Waals surface area contributed by atoms with E-state index in [2.05, 4.69) is 38.0 Å². The lowest BCUT2D eigenvalue weighted by Gasteiger charge is -2.50. The van der Waals surface area contributed by atoms with Gasteiger partial charge < -0.3 is 4.90 Å². The van der Waals surface area contributed by atoms with Gasteiger partial charge >= 0.3 is 6.18 Å². The number of nitrogens with zero attached hydrogens (tertiary/aromatic N) is 6. The second kappa shape index (κ2) is 6.91. The van der Waals surface area contributed by atoms with Crippen LogP contribution in [-0.4, -0.2) is 57.0 Å². The molecule has 30 heavy (non-hydrogen) atoms. The molecule has 5 heterocycles. The van der Waals surface area contributed by atoms with Gasteiger partial charge in [-0.05, 0) is 19.4 Å². The van der Waals surface area contributed by atoms with Crippen molar-refractivity contribution in [1.82, 2.24) is 24.6 Å². The fourth-order valence-corrected chi connectivity index (χ4v) is 5.78. The maximum absolute atomic E-state index is 12.8. The number of halogens is 3. The molecule has 3 aromatic heterocycles. The smallest absolute Gasteiger partial charge is 0.355 e. The quantitative estimate of drug-likeness (QED) is 0.623. The van der Waals surface area contributed by atoms with E-state index >= 15 is 0 Å². The highest BCUT2D eigenvalue weighted by Gasteiger charge is 2.49. The molecule has 3 aromatic rings. The van der Waals surface area contributed by atoms with Gasteiger partial charge in [-0.2, -0.15) is 18.3 Å². The number of likely N-dealkylation sites (tertiary alicyclic amines) is 1. The third kappa shape index (κ3) is 3.56. The summed E-state index contributed by atoms with van der Waals surface area (Å²) >= 11 is 1.11. The molecule has 0 aromatic carbocycles. The molecule has 0 radical (unpaired) electrons. The number of fused-ring (bicyclic) bond motifs is 1. The molecule has 0 saturated carbocycles. The molecule has 0 bridgehead atoms. The summed E-state index contributed by atoms with van der Waals surface area (Å²) in [4.78, 5) is 14.2. The highest BCUT2D eigenvalue weighted by molar-refractivity contribution is 7.18. The summed E-state index contributed by atoms with van der Waals surface area (Å²) in [5.41, 5.74) is 1.44. The van der Waals surface area contributed by atoms with Crippen molar-refractivity contribution >= 4 is 27.4 Å². The van der Waals surface area contributed by atoms with Gasteiger partial charge in [-0.1, -0.05) is 0 Å². The van der Waals surface area contributed by atoms with Gasteiger partial charge in [0.15, 0.2) is 0 Å². The fraction of sp³-hybridized carbons (Fsp3) is 0.550. The number of aryl methyl sites for hydroxylation is 1. The number of hydrogen-bond acceptors (Lipinski definition) is 6. The second-order valence-corrected chi connectivity index (χ2v) is 9.74. The van der Waals surface area contributed by atoms with Crippen LogP contribution < -0.4 is 4.90 Å². The summed E-state index contributed by atoms with van der Waals surface area (Å²) in [6.45, 7) is 5.97. The van der Waals surface area contributed by atoms with Crippen molar-refractivity contribution in [3.05, 3.63) is 35.2 Å². The van der Waals surface area contributed by atoms with Gasteiger partial charge in [0.05, 0.1) is 18.0 Å². The van der Waals surface area contributed by atoms with E-state index in [9.17, 15) is 13.2 Å². The largest absolute Gasteiger partial charge is 0.393 e. The lowest BCUT2D eigenvalue weighted by atomic mass is 9.78. The van der Waals surface area contributed by atoms with Gasteiger partial charge in [0.2, 0.25) is 0 Å². The van der Waals surface area contributed by atoms with Crippen LogP contribution in [0, 0.1) is 5.41 Å². The van der Waals surface area contributed by atoms with Crippen LogP contribution in [-0.2, 0) is 13.5 Å². The summed E-state index contributed by atoms with van der Waals surface area (Å²) in [5.74, 6) is 0.764. The Labute approximate surface area is 176 Å². The van der Waals surface area contributed by atoms with Crippen LogP contribution in [0.2, 0.25) is 0 Å². The van der Waals surface area contributed by atoms with Crippen LogP contribution in [0.25, 0.3) is 10.2 Å². The highest BCUT2D eigenvalue weighted by atomic mass is 32.1. The van der Waals surface area contributed by atoms with Gasteiger partial charge in [-0.25, -0.2) is 9.97 Å². The average molecular weight is 437 g/mol. The minimum atomic E-state index is -4.22. The normalized spacial score (nSPS) is 20.2. The van der Waals surface area contributed by atoms with Gasteiger partial charge in [-0.15, -0.1) is 11.3 Å². The van der Waals surface area contributed by atoms with Crippen LogP contribution in [0.4, 0.5) is 19.0 Å². The molecule has 6 nitrogen and oxygen atoms in total. The molecule has 0 N–H and O–H groups in total. The lowest BCUT2D eigenvalue weighted by Crippen LogP contribution is -2.58. The first kappa shape index (κ1) is 19.7. The Morgan fingerprint density at radius 2 is 2.03 bits per heavy atom. The number of thiophene rings is 1. The Morgan fingerprint density at radius 3 is 2.73 bits per heavy atom. The Bertz CT molecular complexity index is 1070. The highest BCUT2D eigenvalue weighted by Crippen LogP contribution is 2.45. The van der Waals surface area contributed by atoms with Gasteiger partial charge in [-0.3, -0.25) is 9.58 Å². The van der Waals surface area contributed by atoms with Crippen molar-refractivity contribution in [1.29, 1.82) is 0 Å². The number of aromatic nitrogens is 4. The third-order valence-electron chi connectivity index (χ3n) is 6.30. The number of rotatable bonds is 4. The van der Waals surface area contributed by atoms with Crippen molar-refractivity contribution in [2.45, 2.75) is 32.0 Å². The van der Waals surface area contributed by atoms with E-state index < -0.39 is 12.6 Å². The Kier molecular flexibility index (Phi) is 4.55. The maximum Gasteiger partial charge on any atom is 0.393 e. The number of hydrogen-bond donors (Lipinski definition) is 0.